The van der Waals surface area contributed by atoms with Crippen molar-refractivity contribution in [2.24, 2.45) is 0 Å². The Labute approximate surface area is 271 Å². The van der Waals surface area contributed by atoms with Gasteiger partial charge in [0.1, 0.15) is 0 Å². The van der Waals surface area contributed by atoms with Crippen LogP contribution >= 0.6 is 18.5 Å². The molecule has 0 spiro atoms. The Bertz CT molecular complexity index is 2520. The van der Waals surface area contributed by atoms with E-state index in [0.29, 0.717) is 0 Å². The molecule has 9 rings (SSSR count). The van der Waals surface area contributed by atoms with Crippen LogP contribution in [0.4, 0.5) is 0 Å². The Balaban J connectivity index is 1.20. The van der Waals surface area contributed by atoms with Gasteiger partial charge >= 0.3 is 0 Å². The van der Waals surface area contributed by atoms with E-state index in [1.54, 1.807) is 0 Å². The molecule has 9 aromatic rings. The predicted molar refractivity (Wildman–Crippen MR) is 198 cm³/mol. The van der Waals surface area contributed by atoms with Gasteiger partial charge in [0.05, 0.1) is 11.0 Å². The lowest BCUT2D eigenvalue weighted by Crippen LogP contribution is -2.25. The van der Waals surface area contributed by atoms with Crippen molar-refractivity contribution in [1.29, 1.82) is 0 Å². The van der Waals surface area contributed by atoms with E-state index in [-0.39, 0.29) is 0 Å². The standard InChI is InChI=1S/C42H28NOPS/c44-45(32-13-3-1-4-14-32,33-15-5-2-6-16-33)34-17-11-12-29(26-34)30-22-24-41-37(27-30)38-28-31(23-25-42(38)46-41)43-39-20-9-7-18-35(39)36-19-8-10-21-40(36)43/h1-28H. The van der Waals surface area contributed by atoms with Crippen molar-refractivity contribution in [1.82, 2.24) is 4.57 Å². The summed E-state index contributed by atoms with van der Waals surface area (Å²) in [5, 5.41) is 7.53. The number of thiophene rings is 1. The number of fused-ring (bicyclic) bond motifs is 6. The maximum atomic E-state index is 15.1. The van der Waals surface area contributed by atoms with Crippen LogP contribution < -0.4 is 15.9 Å². The van der Waals surface area contributed by atoms with Crippen molar-refractivity contribution in [3.63, 3.8) is 0 Å². The zero-order chi connectivity index (χ0) is 30.7. The second-order valence-electron chi connectivity index (χ2n) is 11.7. The summed E-state index contributed by atoms with van der Waals surface area (Å²) in [5.41, 5.74) is 5.75. The lowest BCUT2D eigenvalue weighted by atomic mass is 10.0. The molecular weight excluding hydrogens is 598 g/mol. The second-order valence-corrected chi connectivity index (χ2v) is 15.5. The highest BCUT2D eigenvalue weighted by Crippen LogP contribution is 2.44. The third-order valence-corrected chi connectivity index (χ3v) is 13.3. The quantitative estimate of drug-likeness (QED) is 0.175. The average molecular weight is 626 g/mol. The molecule has 0 N–H and O–H groups in total. The Morgan fingerprint density at radius 1 is 0.413 bits per heavy atom. The van der Waals surface area contributed by atoms with Gasteiger partial charge in [0, 0.05) is 52.5 Å². The van der Waals surface area contributed by atoms with E-state index in [2.05, 4.69) is 102 Å². The molecule has 0 aliphatic heterocycles. The smallest absolute Gasteiger partial charge is 0.171 e. The van der Waals surface area contributed by atoms with Gasteiger partial charge in [-0.15, -0.1) is 11.3 Å². The molecule has 0 saturated carbocycles. The molecule has 0 unspecified atom stereocenters. The van der Waals surface area contributed by atoms with Crippen LogP contribution in [0, 0.1) is 0 Å². The van der Waals surface area contributed by atoms with Crippen LogP contribution in [0.2, 0.25) is 0 Å². The number of para-hydroxylation sites is 2. The van der Waals surface area contributed by atoms with Crippen LogP contribution in [0.25, 0.3) is 58.8 Å². The van der Waals surface area contributed by atoms with Crippen LogP contribution in [0.1, 0.15) is 0 Å². The zero-order valence-corrected chi connectivity index (χ0v) is 26.6. The molecule has 2 nitrogen and oxygen atoms in total. The largest absolute Gasteiger partial charge is 0.309 e. The first-order valence-electron chi connectivity index (χ1n) is 15.5. The normalized spacial score (nSPS) is 12.0. The summed E-state index contributed by atoms with van der Waals surface area (Å²) in [6.07, 6.45) is 0. The zero-order valence-electron chi connectivity index (χ0n) is 24.9. The number of benzene rings is 7. The lowest BCUT2D eigenvalue weighted by molar-refractivity contribution is 0.592. The molecule has 0 aliphatic carbocycles. The third kappa shape index (κ3) is 4.20. The minimum Gasteiger partial charge on any atom is -0.309 e. The van der Waals surface area contributed by atoms with Gasteiger partial charge in [-0.2, -0.15) is 0 Å². The van der Waals surface area contributed by atoms with Crippen molar-refractivity contribution < 1.29 is 4.57 Å². The van der Waals surface area contributed by atoms with Crippen LogP contribution in [-0.2, 0) is 4.57 Å². The number of nitrogens with zero attached hydrogens (tertiary/aromatic N) is 1. The fraction of sp³-hybridized carbons (Fsp3) is 0. The molecule has 4 heteroatoms. The number of rotatable bonds is 5. The Morgan fingerprint density at radius 2 is 0.935 bits per heavy atom. The van der Waals surface area contributed by atoms with Crippen LogP contribution in [0.15, 0.2) is 170 Å². The SMILES string of the molecule is O=P(c1ccccc1)(c1ccccc1)c1cccc(-c2ccc3sc4ccc(-n5c6ccccc6c6ccccc65)cc4c3c2)c1. The van der Waals surface area contributed by atoms with Gasteiger partial charge < -0.3 is 9.13 Å². The number of hydrogen-bond acceptors (Lipinski definition) is 2. The predicted octanol–water partition coefficient (Wildman–Crippen LogP) is 10.5. The van der Waals surface area contributed by atoms with Crippen molar-refractivity contribution in [3.05, 3.63) is 170 Å². The summed E-state index contributed by atoms with van der Waals surface area (Å²) in [6.45, 7) is 0. The molecule has 0 amide bonds. The molecule has 0 atom stereocenters. The molecule has 46 heavy (non-hydrogen) atoms. The van der Waals surface area contributed by atoms with Gasteiger partial charge in [-0.3, -0.25) is 0 Å². The minimum atomic E-state index is -3.07. The molecule has 0 radical (unpaired) electrons. The lowest BCUT2D eigenvalue weighted by Gasteiger charge is -2.20. The van der Waals surface area contributed by atoms with Crippen LogP contribution in [0.3, 0.4) is 0 Å². The van der Waals surface area contributed by atoms with Crippen LogP contribution in [-0.4, -0.2) is 4.57 Å². The molecule has 7 aromatic carbocycles. The summed E-state index contributed by atoms with van der Waals surface area (Å²) in [5.74, 6) is 0. The first-order valence-corrected chi connectivity index (χ1v) is 18.0. The van der Waals surface area contributed by atoms with Gasteiger partial charge in [-0.1, -0.05) is 121 Å². The van der Waals surface area contributed by atoms with Crippen molar-refractivity contribution >= 4 is 76.4 Å². The summed E-state index contributed by atoms with van der Waals surface area (Å²) >= 11 is 1.83. The molecule has 0 fully saturated rings. The topological polar surface area (TPSA) is 22.0 Å². The fourth-order valence-electron chi connectivity index (χ4n) is 6.89. The molecule has 2 heterocycles. The molecule has 2 aromatic heterocycles. The Morgan fingerprint density at radius 3 is 1.59 bits per heavy atom. The second kappa shape index (κ2) is 10.7. The molecule has 0 bridgehead atoms. The van der Waals surface area contributed by atoms with Crippen LogP contribution in [0.5, 0.6) is 0 Å². The van der Waals surface area contributed by atoms with E-state index >= 15 is 4.57 Å². The first kappa shape index (κ1) is 27.1. The average Bonchev–Trinajstić information content (AvgIpc) is 3.67. The third-order valence-electron chi connectivity index (χ3n) is 9.07. The number of hydrogen-bond donors (Lipinski definition) is 0. The summed E-state index contributed by atoms with van der Waals surface area (Å²) in [7, 11) is -3.07. The highest BCUT2D eigenvalue weighted by molar-refractivity contribution is 7.85. The van der Waals surface area contributed by atoms with E-state index in [0.717, 1.165) is 32.7 Å². The summed E-state index contributed by atoms with van der Waals surface area (Å²) in [4.78, 5) is 0. The van der Waals surface area contributed by atoms with Gasteiger partial charge in [-0.05, 0) is 59.7 Å². The monoisotopic (exact) mass is 625 g/mol. The molecular formula is C42H28NOPS. The first-order chi connectivity index (χ1) is 22.7. The fourth-order valence-corrected chi connectivity index (χ4v) is 10.7. The van der Waals surface area contributed by atoms with Crippen molar-refractivity contribution in [2.75, 3.05) is 0 Å². The van der Waals surface area contributed by atoms with Crippen molar-refractivity contribution in [2.45, 2.75) is 0 Å². The highest BCUT2D eigenvalue weighted by atomic mass is 32.1. The summed E-state index contributed by atoms with van der Waals surface area (Å²) < 4.78 is 20.0. The highest BCUT2D eigenvalue weighted by Gasteiger charge is 2.29. The molecule has 218 valence electrons. The van der Waals surface area contributed by atoms with Gasteiger partial charge in [-0.25, -0.2) is 0 Å². The van der Waals surface area contributed by atoms with Gasteiger partial charge in [0.2, 0.25) is 0 Å². The van der Waals surface area contributed by atoms with Crippen molar-refractivity contribution in [3.8, 4) is 16.8 Å². The van der Waals surface area contributed by atoms with Gasteiger partial charge in [0.25, 0.3) is 0 Å². The summed E-state index contributed by atoms with van der Waals surface area (Å²) in [6, 6.07) is 58.9. The van der Waals surface area contributed by atoms with E-state index < -0.39 is 7.14 Å². The maximum absolute atomic E-state index is 15.1. The maximum Gasteiger partial charge on any atom is 0.171 e. The molecule has 0 saturated heterocycles. The van der Waals surface area contributed by atoms with E-state index in [1.165, 1.54) is 42.0 Å². The van der Waals surface area contributed by atoms with Gasteiger partial charge in [0.15, 0.2) is 7.14 Å². The Hall–Kier alpha value is -5.21. The van der Waals surface area contributed by atoms with E-state index in [1.807, 2.05) is 84.1 Å². The van der Waals surface area contributed by atoms with E-state index in [9.17, 15) is 0 Å². The minimum absolute atomic E-state index is 0.839. The molecule has 0 aliphatic rings. The number of aromatic nitrogens is 1. The Kier molecular flexibility index (Phi) is 6.31. The van der Waals surface area contributed by atoms with E-state index in [4.69, 9.17) is 0 Å².